The van der Waals surface area contributed by atoms with Crippen molar-refractivity contribution in [2.45, 2.75) is 12.1 Å². The van der Waals surface area contributed by atoms with Crippen LogP contribution in [0.2, 0.25) is 0 Å². The van der Waals surface area contributed by atoms with Crippen LogP contribution < -0.4 is 0 Å². The molecule has 5 rings (SSSR count). The summed E-state index contributed by atoms with van der Waals surface area (Å²) in [7, 11) is -3.85. The van der Waals surface area contributed by atoms with Crippen LogP contribution in [-0.4, -0.2) is 27.4 Å². The lowest BCUT2D eigenvalue weighted by Crippen LogP contribution is -2.25. The highest BCUT2D eigenvalue weighted by Gasteiger charge is 2.60. The predicted octanol–water partition coefficient (Wildman–Crippen LogP) is 3.37. The molecule has 1 N–H and O–H groups in total. The zero-order valence-electron chi connectivity index (χ0n) is 13.4. The summed E-state index contributed by atoms with van der Waals surface area (Å²) >= 11 is 0. The standard InChI is InChI=1S/C18H17N2O4P/c21-25(22)19-15(13-7-3-1-4-8-13)11-23-17(19)18-20(25)16(12-24-18)14-9-5-2-6-10-14/h1-10,15-16H,11-12H2,(H,21,22)/t15-,16-/m1/s1. The second kappa shape index (κ2) is 5.28. The van der Waals surface area contributed by atoms with Gasteiger partial charge in [-0.2, -0.15) is 0 Å². The average Bonchev–Trinajstić information content (AvgIpc) is 3.32. The smallest absolute Gasteiger partial charge is 0.400 e. The summed E-state index contributed by atoms with van der Waals surface area (Å²) in [5, 5.41) is 0. The Balaban J connectivity index is 1.57. The maximum Gasteiger partial charge on any atom is 0.400 e. The number of ether oxygens (including phenoxy) is 2. The SMILES string of the molecule is O=P1(O)N2C(=C3OC[C@H](c4ccccc4)N31)OC[C@@H]2c1ccccc1. The van der Waals surface area contributed by atoms with Gasteiger partial charge in [0, 0.05) is 0 Å². The monoisotopic (exact) mass is 356 g/mol. The summed E-state index contributed by atoms with van der Waals surface area (Å²) in [5.41, 5.74) is 1.90. The van der Waals surface area contributed by atoms with Crippen molar-refractivity contribution in [1.82, 2.24) is 9.34 Å². The molecule has 0 aliphatic carbocycles. The Morgan fingerprint density at radius 1 is 0.800 bits per heavy atom. The molecular weight excluding hydrogens is 339 g/mol. The normalized spacial score (nSPS) is 26.3. The van der Waals surface area contributed by atoms with Crippen LogP contribution in [0.4, 0.5) is 0 Å². The fourth-order valence-electron chi connectivity index (χ4n) is 3.72. The minimum atomic E-state index is -3.85. The van der Waals surface area contributed by atoms with E-state index in [9.17, 15) is 9.46 Å². The Morgan fingerprint density at radius 3 is 1.60 bits per heavy atom. The molecule has 3 heterocycles. The van der Waals surface area contributed by atoms with E-state index in [0.29, 0.717) is 25.0 Å². The topological polar surface area (TPSA) is 62.2 Å². The van der Waals surface area contributed by atoms with E-state index in [-0.39, 0.29) is 12.1 Å². The average molecular weight is 356 g/mol. The Bertz CT molecular complexity index is 817. The van der Waals surface area contributed by atoms with E-state index >= 15 is 0 Å². The van der Waals surface area contributed by atoms with Crippen LogP contribution in [0.3, 0.4) is 0 Å². The molecule has 0 amide bonds. The molecule has 2 saturated heterocycles. The molecule has 0 unspecified atom stereocenters. The van der Waals surface area contributed by atoms with Gasteiger partial charge in [-0.05, 0) is 11.1 Å². The van der Waals surface area contributed by atoms with Crippen molar-refractivity contribution in [2.75, 3.05) is 13.2 Å². The van der Waals surface area contributed by atoms with E-state index in [1.807, 2.05) is 60.7 Å². The van der Waals surface area contributed by atoms with Crippen molar-refractivity contribution >= 4 is 7.67 Å². The fourth-order valence-corrected chi connectivity index (χ4v) is 5.81. The van der Waals surface area contributed by atoms with Crippen molar-refractivity contribution in [3.05, 3.63) is 83.6 Å². The molecule has 0 saturated carbocycles. The van der Waals surface area contributed by atoms with Gasteiger partial charge in [0.1, 0.15) is 25.3 Å². The summed E-state index contributed by atoms with van der Waals surface area (Å²) in [4.78, 5) is 11.0. The highest BCUT2D eigenvalue weighted by atomic mass is 31.2. The molecule has 6 nitrogen and oxygen atoms in total. The molecule has 25 heavy (non-hydrogen) atoms. The van der Waals surface area contributed by atoms with Crippen LogP contribution in [0, 0.1) is 0 Å². The lowest BCUT2D eigenvalue weighted by atomic mass is 10.1. The van der Waals surface area contributed by atoms with Gasteiger partial charge >= 0.3 is 7.67 Å². The molecule has 7 heteroatoms. The van der Waals surface area contributed by atoms with Crippen LogP contribution in [0.25, 0.3) is 0 Å². The van der Waals surface area contributed by atoms with E-state index in [1.165, 1.54) is 9.34 Å². The van der Waals surface area contributed by atoms with Crippen LogP contribution in [0.5, 0.6) is 0 Å². The number of nitrogens with zero attached hydrogens (tertiary/aromatic N) is 2. The predicted molar refractivity (Wildman–Crippen MR) is 90.8 cm³/mol. The fraction of sp³-hybridized carbons (Fsp3) is 0.222. The van der Waals surface area contributed by atoms with E-state index in [2.05, 4.69) is 0 Å². The van der Waals surface area contributed by atoms with Crippen molar-refractivity contribution in [1.29, 1.82) is 0 Å². The van der Waals surface area contributed by atoms with Crippen LogP contribution in [-0.2, 0) is 14.0 Å². The molecule has 3 aliphatic heterocycles. The molecule has 2 atom stereocenters. The van der Waals surface area contributed by atoms with Crippen molar-refractivity contribution < 1.29 is 18.9 Å². The molecule has 2 fully saturated rings. The number of hydrogen-bond acceptors (Lipinski definition) is 3. The number of fused-ring (bicyclic) bond motifs is 2. The third-order valence-electron chi connectivity index (χ3n) is 4.88. The Morgan fingerprint density at radius 2 is 1.20 bits per heavy atom. The van der Waals surface area contributed by atoms with Gasteiger partial charge < -0.3 is 14.4 Å². The van der Waals surface area contributed by atoms with Crippen molar-refractivity contribution in [3.63, 3.8) is 0 Å². The third kappa shape index (κ3) is 2.04. The number of benzene rings is 2. The first kappa shape index (κ1) is 14.9. The second-order valence-electron chi connectivity index (χ2n) is 6.29. The van der Waals surface area contributed by atoms with E-state index in [1.54, 1.807) is 0 Å². The first-order valence-electron chi connectivity index (χ1n) is 8.20. The maximum absolute atomic E-state index is 13.4. The van der Waals surface area contributed by atoms with Gasteiger partial charge in [-0.3, -0.25) is 0 Å². The summed E-state index contributed by atoms with van der Waals surface area (Å²) in [5.74, 6) is 0.747. The van der Waals surface area contributed by atoms with Gasteiger partial charge in [-0.25, -0.2) is 13.9 Å². The Hall–Kier alpha value is -2.43. The van der Waals surface area contributed by atoms with Crippen molar-refractivity contribution in [2.24, 2.45) is 0 Å². The minimum Gasteiger partial charge on any atom is -0.472 e. The van der Waals surface area contributed by atoms with Gasteiger partial charge in [0.15, 0.2) is 0 Å². The molecule has 128 valence electrons. The van der Waals surface area contributed by atoms with Gasteiger partial charge in [0.25, 0.3) is 11.8 Å². The quantitative estimate of drug-likeness (QED) is 0.833. The van der Waals surface area contributed by atoms with Crippen LogP contribution >= 0.6 is 7.67 Å². The first-order chi connectivity index (χ1) is 12.2. The molecular formula is C18H17N2O4P. The number of rotatable bonds is 2. The zero-order valence-corrected chi connectivity index (χ0v) is 14.3. The minimum absolute atomic E-state index is 0.301. The van der Waals surface area contributed by atoms with Gasteiger partial charge in [0.05, 0.1) is 0 Å². The van der Waals surface area contributed by atoms with Crippen molar-refractivity contribution in [3.8, 4) is 0 Å². The molecule has 0 radical (unpaired) electrons. The van der Waals surface area contributed by atoms with Gasteiger partial charge in [-0.15, -0.1) is 0 Å². The largest absolute Gasteiger partial charge is 0.472 e. The molecule has 2 aromatic rings. The Kier molecular flexibility index (Phi) is 3.14. The third-order valence-corrected chi connectivity index (χ3v) is 6.92. The number of hydrogen-bond donors (Lipinski definition) is 1. The summed E-state index contributed by atoms with van der Waals surface area (Å²) in [6, 6.07) is 18.7. The first-order valence-corrected chi connectivity index (χ1v) is 9.76. The molecule has 0 spiro atoms. The molecule has 3 aliphatic rings. The highest BCUT2D eigenvalue weighted by Crippen LogP contribution is 2.69. The lowest BCUT2D eigenvalue weighted by Gasteiger charge is -2.30. The summed E-state index contributed by atoms with van der Waals surface area (Å²) < 4.78 is 28.0. The van der Waals surface area contributed by atoms with E-state index < -0.39 is 7.67 Å². The molecule has 0 aromatic heterocycles. The summed E-state index contributed by atoms with van der Waals surface area (Å²) in [6.45, 7) is 0.668. The summed E-state index contributed by atoms with van der Waals surface area (Å²) in [6.07, 6.45) is 0. The molecule has 0 bridgehead atoms. The molecule has 2 aromatic carbocycles. The van der Waals surface area contributed by atoms with Crippen LogP contribution in [0.15, 0.2) is 72.4 Å². The van der Waals surface area contributed by atoms with E-state index in [0.717, 1.165) is 11.1 Å². The Labute approximate surface area is 145 Å². The van der Waals surface area contributed by atoms with Crippen LogP contribution in [0.1, 0.15) is 23.2 Å². The van der Waals surface area contributed by atoms with Gasteiger partial charge in [0.2, 0.25) is 0 Å². The second-order valence-corrected chi connectivity index (χ2v) is 8.18. The van der Waals surface area contributed by atoms with Gasteiger partial charge in [-0.1, -0.05) is 60.7 Å². The van der Waals surface area contributed by atoms with E-state index in [4.69, 9.17) is 9.47 Å². The lowest BCUT2D eigenvalue weighted by molar-refractivity contribution is 0.189. The highest BCUT2D eigenvalue weighted by molar-refractivity contribution is 7.53. The maximum atomic E-state index is 13.4. The zero-order chi connectivity index (χ0) is 17.0.